The Kier molecular flexibility index (Phi) is 5.37. The van der Waals surface area contributed by atoms with E-state index in [-0.39, 0.29) is 12.1 Å². The highest BCUT2D eigenvalue weighted by Gasteiger charge is 2.32. The molecule has 2 rings (SSSR count). The fourth-order valence-electron chi connectivity index (χ4n) is 2.82. The highest BCUT2D eigenvalue weighted by atomic mass is 32.2. The predicted molar refractivity (Wildman–Crippen MR) is 85.5 cm³/mol. The number of nitrogens with two attached hydrogens (primary N) is 1. The lowest BCUT2D eigenvalue weighted by atomic mass is 10.1. The normalized spacial score (nSPS) is 22.4. The lowest BCUT2D eigenvalue weighted by molar-refractivity contribution is 0.253. The number of aryl methyl sites for hydroxylation is 2. The molecule has 1 saturated heterocycles. The predicted octanol–water partition coefficient (Wildman–Crippen LogP) is 1.47. The maximum atomic E-state index is 12.6. The Bertz CT molecular complexity index is 585. The van der Waals surface area contributed by atoms with Crippen LogP contribution in [0.4, 0.5) is 0 Å². The molecule has 8 heteroatoms. The van der Waals surface area contributed by atoms with Gasteiger partial charge >= 0.3 is 0 Å². The molecule has 1 aliphatic rings. The molecule has 3 N–H and O–H groups in total. The van der Waals surface area contributed by atoms with Crippen LogP contribution in [0.1, 0.15) is 47.8 Å². The Balaban J connectivity index is 2.14. The van der Waals surface area contributed by atoms with Crippen LogP contribution in [-0.4, -0.2) is 36.8 Å². The third kappa shape index (κ3) is 3.81. The summed E-state index contributed by atoms with van der Waals surface area (Å²) in [6.45, 7) is 6.61. The lowest BCUT2D eigenvalue weighted by Gasteiger charge is -2.34. The highest BCUT2D eigenvalue weighted by Crippen LogP contribution is 2.26. The molecule has 0 bridgehead atoms. The Labute approximate surface area is 130 Å². The molecule has 2 unspecified atom stereocenters. The Morgan fingerprint density at radius 2 is 2.19 bits per heavy atom. The molecule has 2 heterocycles. The fourth-order valence-corrected chi connectivity index (χ4v) is 5.48. The van der Waals surface area contributed by atoms with E-state index in [2.05, 4.69) is 9.71 Å². The first-order valence-corrected chi connectivity index (χ1v) is 9.54. The summed E-state index contributed by atoms with van der Waals surface area (Å²) in [4.78, 5) is 5.33. The quantitative estimate of drug-likeness (QED) is 0.854. The Hall–Kier alpha value is -0.540. The molecule has 0 saturated carbocycles. The van der Waals surface area contributed by atoms with Crippen LogP contribution in [-0.2, 0) is 10.2 Å². The first-order chi connectivity index (χ1) is 9.85. The van der Waals surface area contributed by atoms with E-state index < -0.39 is 10.2 Å². The minimum atomic E-state index is -3.52. The van der Waals surface area contributed by atoms with E-state index in [4.69, 9.17) is 5.73 Å². The second-order valence-corrected chi connectivity index (χ2v) is 8.41. The summed E-state index contributed by atoms with van der Waals surface area (Å²) in [5.41, 5.74) is 6.61. The smallest absolute Gasteiger partial charge is 0.280 e. The SMILES string of the molecule is Cc1nc(C)c(C(C)NS(=O)(=O)N2CCCCC2CN)s1. The molecule has 1 aliphatic heterocycles. The number of aromatic nitrogens is 1. The number of hydrogen-bond donors (Lipinski definition) is 2. The van der Waals surface area contributed by atoms with E-state index in [1.54, 1.807) is 0 Å². The van der Waals surface area contributed by atoms with Crippen molar-refractivity contribution in [2.75, 3.05) is 13.1 Å². The van der Waals surface area contributed by atoms with Gasteiger partial charge in [0.2, 0.25) is 0 Å². The van der Waals surface area contributed by atoms with Crippen molar-refractivity contribution in [1.82, 2.24) is 14.0 Å². The standard InChI is InChI=1S/C13H24N4O2S2/c1-9-13(20-11(3)15-9)10(2)16-21(18,19)17-7-5-4-6-12(17)8-14/h10,12,16H,4-8,14H2,1-3H3. The summed E-state index contributed by atoms with van der Waals surface area (Å²) in [5.74, 6) is 0. The maximum absolute atomic E-state index is 12.6. The van der Waals surface area contributed by atoms with Gasteiger partial charge in [0.1, 0.15) is 0 Å². The van der Waals surface area contributed by atoms with Crippen molar-refractivity contribution in [1.29, 1.82) is 0 Å². The topological polar surface area (TPSA) is 88.3 Å². The molecule has 2 atom stereocenters. The first-order valence-electron chi connectivity index (χ1n) is 7.28. The Morgan fingerprint density at radius 1 is 1.48 bits per heavy atom. The monoisotopic (exact) mass is 332 g/mol. The number of rotatable bonds is 5. The van der Waals surface area contributed by atoms with E-state index >= 15 is 0 Å². The molecule has 0 aliphatic carbocycles. The van der Waals surface area contributed by atoms with Crippen LogP contribution in [0.3, 0.4) is 0 Å². The average molecular weight is 332 g/mol. The van der Waals surface area contributed by atoms with Gasteiger partial charge in [-0.1, -0.05) is 6.42 Å². The summed E-state index contributed by atoms with van der Waals surface area (Å²) >= 11 is 1.54. The van der Waals surface area contributed by atoms with Gasteiger partial charge in [0.15, 0.2) is 0 Å². The third-order valence-corrected chi connectivity index (χ3v) is 6.82. The largest absolute Gasteiger partial charge is 0.329 e. The summed E-state index contributed by atoms with van der Waals surface area (Å²) in [6, 6.07) is -0.366. The van der Waals surface area contributed by atoms with Gasteiger partial charge in [-0.25, -0.2) is 4.98 Å². The molecule has 0 radical (unpaired) electrons. The molecule has 6 nitrogen and oxygen atoms in total. The number of piperidine rings is 1. The zero-order valence-electron chi connectivity index (χ0n) is 12.8. The summed E-state index contributed by atoms with van der Waals surface area (Å²) in [6.07, 6.45) is 2.77. The van der Waals surface area contributed by atoms with Crippen LogP contribution in [0.15, 0.2) is 0 Å². The molecule has 120 valence electrons. The first kappa shape index (κ1) is 16.8. The van der Waals surface area contributed by atoms with Gasteiger partial charge in [0.05, 0.1) is 16.7 Å². The van der Waals surface area contributed by atoms with Crippen LogP contribution in [0, 0.1) is 13.8 Å². The molecule has 1 aromatic heterocycles. The van der Waals surface area contributed by atoms with E-state index in [1.807, 2.05) is 20.8 Å². The molecule has 0 amide bonds. The molecular weight excluding hydrogens is 308 g/mol. The van der Waals surface area contributed by atoms with E-state index in [9.17, 15) is 8.42 Å². The minimum absolute atomic E-state index is 0.0901. The van der Waals surface area contributed by atoms with Crippen molar-refractivity contribution in [2.45, 2.75) is 52.1 Å². The molecule has 1 fully saturated rings. The van der Waals surface area contributed by atoms with Crippen LogP contribution in [0.25, 0.3) is 0 Å². The van der Waals surface area contributed by atoms with Gasteiger partial charge in [-0.2, -0.15) is 17.4 Å². The van der Waals surface area contributed by atoms with Crippen molar-refractivity contribution in [2.24, 2.45) is 5.73 Å². The number of hydrogen-bond acceptors (Lipinski definition) is 5. The van der Waals surface area contributed by atoms with Crippen molar-refractivity contribution in [3.05, 3.63) is 15.6 Å². The molecule has 0 aromatic carbocycles. The molecule has 21 heavy (non-hydrogen) atoms. The lowest BCUT2D eigenvalue weighted by Crippen LogP contribution is -2.52. The second-order valence-electron chi connectivity index (χ2n) is 5.52. The van der Waals surface area contributed by atoms with Crippen molar-refractivity contribution < 1.29 is 8.42 Å². The second kappa shape index (κ2) is 6.70. The molecular formula is C13H24N4O2S2. The summed E-state index contributed by atoms with van der Waals surface area (Å²) < 4.78 is 29.5. The van der Waals surface area contributed by atoms with Crippen LogP contribution >= 0.6 is 11.3 Å². The van der Waals surface area contributed by atoms with E-state index in [0.29, 0.717) is 13.1 Å². The number of nitrogens with zero attached hydrogens (tertiary/aromatic N) is 2. The number of thiazole rings is 1. The zero-order valence-corrected chi connectivity index (χ0v) is 14.4. The van der Waals surface area contributed by atoms with Gasteiger partial charge < -0.3 is 5.73 Å². The van der Waals surface area contributed by atoms with Gasteiger partial charge in [-0.3, -0.25) is 0 Å². The third-order valence-electron chi connectivity index (χ3n) is 3.81. The summed E-state index contributed by atoms with van der Waals surface area (Å²) in [7, 11) is -3.52. The summed E-state index contributed by atoms with van der Waals surface area (Å²) in [5, 5.41) is 0.950. The van der Waals surface area contributed by atoms with Crippen molar-refractivity contribution in [3.8, 4) is 0 Å². The fraction of sp³-hybridized carbons (Fsp3) is 0.769. The van der Waals surface area contributed by atoms with Gasteiger partial charge in [0.25, 0.3) is 10.2 Å². The van der Waals surface area contributed by atoms with Crippen molar-refractivity contribution in [3.63, 3.8) is 0 Å². The van der Waals surface area contributed by atoms with E-state index in [1.165, 1.54) is 15.6 Å². The van der Waals surface area contributed by atoms with Crippen LogP contribution in [0.5, 0.6) is 0 Å². The average Bonchev–Trinajstić information content (AvgIpc) is 2.77. The van der Waals surface area contributed by atoms with Crippen LogP contribution in [0.2, 0.25) is 0 Å². The molecule has 1 aromatic rings. The van der Waals surface area contributed by atoms with Gasteiger partial charge in [-0.05, 0) is 33.6 Å². The number of nitrogens with one attached hydrogen (secondary N) is 1. The Morgan fingerprint density at radius 3 is 2.76 bits per heavy atom. The zero-order chi connectivity index (χ0) is 15.6. The minimum Gasteiger partial charge on any atom is -0.329 e. The maximum Gasteiger partial charge on any atom is 0.280 e. The van der Waals surface area contributed by atoms with Gasteiger partial charge in [0, 0.05) is 24.0 Å². The van der Waals surface area contributed by atoms with Gasteiger partial charge in [-0.15, -0.1) is 11.3 Å². The highest BCUT2D eigenvalue weighted by molar-refractivity contribution is 7.87. The molecule has 0 spiro atoms. The van der Waals surface area contributed by atoms with Crippen molar-refractivity contribution >= 4 is 21.5 Å². The van der Waals surface area contributed by atoms with E-state index in [0.717, 1.165) is 34.8 Å². The van der Waals surface area contributed by atoms with Crippen LogP contribution < -0.4 is 10.5 Å².